The van der Waals surface area contributed by atoms with E-state index in [1.165, 1.54) is 6.42 Å². The van der Waals surface area contributed by atoms with Crippen molar-refractivity contribution in [2.24, 2.45) is 16.2 Å². The lowest BCUT2D eigenvalue weighted by Gasteiger charge is -2.31. The van der Waals surface area contributed by atoms with Gasteiger partial charge in [-0.05, 0) is 46.0 Å². The highest BCUT2D eigenvalue weighted by molar-refractivity contribution is 5.15. The Bertz CT molecular complexity index is 286. The third kappa shape index (κ3) is 7.45. The van der Waals surface area contributed by atoms with E-state index in [9.17, 15) is 0 Å². The summed E-state index contributed by atoms with van der Waals surface area (Å²) in [7, 11) is 0. The molecule has 0 bridgehead atoms. The van der Waals surface area contributed by atoms with E-state index in [-0.39, 0.29) is 17.4 Å². The van der Waals surface area contributed by atoms with Crippen LogP contribution in [0.4, 0.5) is 0 Å². The van der Waals surface area contributed by atoms with Gasteiger partial charge in [-0.15, -0.1) is 0 Å². The summed E-state index contributed by atoms with van der Waals surface area (Å²) in [6, 6.07) is 0. The van der Waals surface area contributed by atoms with Crippen LogP contribution in [0.5, 0.6) is 0 Å². The minimum absolute atomic E-state index is 0.0479. The van der Waals surface area contributed by atoms with Gasteiger partial charge in [0.2, 0.25) is 0 Å². The van der Waals surface area contributed by atoms with Gasteiger partial charge < -0.3 is 5.11 Å². The van der Waals surface area contributed by atoms with Gasteiger partial charge in [0.15, 0.2) is 0 Å². The fourth-order valence-electron chi connectivity index (χ4n) is 2.05. The Balaban J connectivity index is 4.70. The molecule has 0 heterocycles. The van der Waals surface area contributed by atoms with Crippen LogP contribution < -0.4 is 0 Å². The molecule has 17 heavy (non-hydrogen) atoms. The van der Waals surface area contributed by atoms with E-state index in [4.69, 9.17) is 5.11 Å². The zero-order valence-corrected chi connectivity index (χ0v) is 12.8. The van der Waals surface area contributed by atoms with E-state index in [2.05, 4.69) is 60.3 Å². The molecule has 0 aliphatic rings. The van der Waals surface area contributed by atoms with E-state index in [0.29, 0.717) is 5.41 Å². The predicted octanol–water partition coefficient (Wildman–Crippen LogP) is 4.25. The van der Waals surface area contributed by atoms with Crippen molar-refractivity contribution in [2.75, 3.05) is 6.61 Å². The van der Waals surface area contributed by atoms with Crippen molar-refractivity contribution in [2.45, 2.75) is 67.7 Å². The molecule has 0 amide bonds. The molecule has 0 aromatic heterocycles. The van der Waals surface area contributed by atoms with Crippen molar-refractivity contribution in [3.8, 4) is 11.8 Å². The van der Waals surface area contributed by atoms with Crippen molar-refractivity contribution in [3.05, 3.63) is 0 Å². The molecule has 0 spiro atoms. The van der Waals surface area contributed by atoms with E-state index >= 15 is 0 Å². The summed E-state index contributed by atoms with van der Waals surface area (Å²) in [6.07, 6.45) is 3.03. The molecular weight excluding hydrogens is 208 g/mol. The second-order valence-electron chi connectivity index (χ2n) is 7.19. The molecule has 1 heteroatoms. The van der Waals surface area contributed by atoms with Crippen molar-refractivity contribution < 1.29 is 5.11 Å². The molecule has 0 rings (SSSR count). The van der Waals surface area contributed by atoms with E-state index in [1.807, 2.05) is 0 Å². The van der Waals surface area contributed by atoms with Gasteiger partial charge in [0.25, 0.3) is 0 Å². The van der Waals surface area contributed by atoms with Gasteiger partial charge in [0.05, 0.1) is 0 Å². The van der Waals surface area contributed by atoms with Gasteiger partial charge in [-0.25, -0.2) is 0 Å². The molecule has 0 saturated carbocycles. The maximum atomic E-state index is 8.99. The summed E-state index contributed by atoms with van der Waals surface area (Å²) < 4.78 is 0. The molecule has 0 aromatic carbocycles. The second kappa shape index (κ2) is 5.91. The Kier molecular flexibility index (Phi) is 5.75. The normalized spacial score (nSPS) is 13.2. The fraction of sp³-hybridized carbons (Fsp3) is 0.875. The third-order valence-electron chi connectivity index (χ3n) is 3.35. The number of hydrogen-bond acceptors (Lipinski definition) is 1. The largest absolute Gasteiger partial charge is 0.396 e. The van der Waals surface area contributed by atoms with Crippen molar-refractivity contribution in [1.82, 2.24) is 0 Å². The van der Waals surface area contributed by atoms with E-state index < -0.39 is 0 Å². The summed E-state index contributed by atoms with van der Waals surface area (Å²) >= 11 is 0. The Labute approximate surface area is 108 Å². The van der Waals surface area contributed by atoms with Crippen molar-refractivity contribution in [3.63, 3.8) is 0 Å². The first-order valence-electron chi connectivity index (χ1n) is 6.69. The monoisotopic (exact) mass is 238 g/mol. The molecule has 0 aliphatic carbocycles. The topological polar surface area (TPSA) is 20.2 Å². The second-order valence-corrected chi connectivity index (χ2v) is 7.19. The van der Waals surface area contributed by atoms with Crippen LogP contribution in [0.1, 0.15) is 67.7 Å². The highest BCUT2D eigenvalue weighted by Gasteiger charge is 2.26. The molecule has 100 valence electrons. The molecule has 0 unspecified atom stereocenters. The lowest BCUT2D eigenvalue weighted by Crippen LogP contribution is -2.22. The lowest BCUT2D eigenvalue weighted by molar-refractivity contribution is 0.233. The average Bonchev–Trinajstić information content (AvgIpc) is 2.14. The molecular formula is C16H30O. The van der Waals surface area contributed by atoms with Crippen LogP contribution in [0.3, 0.4) is 0 Å². The van der Waals surface area contributed by atoms with E-state index in [1.54, 1.807) is 0 Å². The number of rotatable bonds is 5. The van der Waals surface area contributed by atoms with Crippen LogP contribution in [-0.4, -0.2) is 11.7 Å². The number of hydrogen-bond donors (Lipinski definition) is 1. The first-order chi connectivity index (χ1) is 7.54. The molecule has 0 radical (unpaired) electrons. The highest BCUT2D eigenvalue weighted by atomic mass is 16.3. The SMILES string of the molecule is CCC(C)(C)CC(C)(C)C#CC(C)(C)CCO. The summed E-state index contributed by atoms with van der Waals surface area (Å²) in [5.41, 5.74) is 0.313. The van der Waals surface area contributed by atoms with Crippen LogP contribution in [0, 0.1) is 28.1 Å². The van der Waals surface area contributed by atoms with Gasteiger partial charge in [0.1, 0.15) is 0 Å². The van der Waals surface area contributed by atoms with Gasteiger partial charge in [-0.3, -0.25) is 0 Å². The zero-order valence-electron chi connectivity index (χ0n) is 12.8. The minimum Gasteiger partial charge on any atom is -0.396 e. The molecule has 1 N–H and O–H groups in total. The molecule has 1 nitrogen and oxygen atoms in total. The molecule has 0 saturated heterocycles. The van der Waals surface area contributed by atoms with Crippen LogP contribution in [0.2, 0.25) is 0 Å². The summed E-state index contributed by atoms with van der Waals surface area (Å²) in [5.74, 6) is 6.75. The molecule has 0 atom stereocenters. The summed E-state index contributed by atoms with van der Waals surface area (Å²) in [6.45, 7) is 15.7. The van der Waals surface area contributed by atoms with Gasteiger partial charge >= 0.3 is 0 Å². The summed E-state index contributed by atoms with van der Waals surface area (Å²) in [4.78, 5) is 0. The zero-order chi connectivity index (χ0) is 13.7. The smallest absolute Gasteiger partial charge is 0.0445 e. The highest BCUT2D eigenvalue weighted by Crippen LogP contribution is 2.35. The first-order valence-corrected chi connectivity index (χ1v) is 6.69. The van der Waals surface area contributed by atoms with Gasteiger partial charge in [0, 0.05) is 17.4 Å². The Hall–Kier alpha value is -0.480. The average molecular weight is 238 g/mol. The molecule has 0 fully saturated rings. The first kappa shape index (κ1) is 16.5. The van der Waals surface area contributed by atoms with E-state index in [0.717, 1.165) is 12.8 Å². The quantitative estimate of drug-likeness (QED) is 0.710. The fourth-order valence-corrected chi connectivity index (χ4v) is 2.05. The molecule has 0 aliphatic heterocycles. The summed E-state index contributed by atoms with van der Waals surface area (Å²) in [5, 5.41) is 8.99. The van der Waals surface area contributed by atoms with Gasteiger partial charge in [-0.2, -0.15) is 0 Å². The Morgan fingerprint density at radius 2 is 1.35 bits per heavy atom. The molecule has 0 aromatic rings. The predicted molar refractivity (Wildman–Crippen MR) is 75.7 cm³/mol. The van der Waals surface area contributed by atoms with Crippen LogP contribution in [0.25, 0.3) is 0 Å². The Morgan fingerprint density at radius 3 is 1.76 bits per heavy atom. The third-order valence-corrected chi connectivity index (χ3v) is 3.35. The maximum absolute atomic E-state index is 8.99. The number of aliphatic hydroxyl groups excluding tert-OH is 1. The van der Waals surface area contributed by atoms with Crippen LogP contribution in [0.15, 0.2) is 0 Å². The van der Waals surface area contributed by atoms with Crippen molar-refractivity contribution in [1.29, 1.82) is 0 Å². The number of aliphatic hydroxyl groups is 1. The van der Waals surface area contributed by atoms with Crippen LogP contribution in [-0.2, 0) is 0 Å². The minimum atomic E-state index is -0.0810. The Morgan fingerprint density at radius 1 is 0.882 bits per heavy atom. The van der Waals surface area contributed by atoms with Gasteiger partial charge in [-0.1, -0.05) is 39.0 Å². The lowest BCUT2D eigenvalue weighted by atomic mass is 9.73. The standard InChI is InChI=1S/C16H30O/c1-8-14(2,3)13-16(6,7)10-9-15(4,5)11-12-17/h17H,8,11-13H2,1-7H3. The van der Waals surface area contributed by atoms with Crippen molar-refractivity contribution >= 4 is 0 Å². The maximum Gasteiger partial charge on any atom is 0.0445 e. The van der Waals surface area contributed by atoms with Crippen LogP contribution >= 0.6 is 0 Å².